The van der Waals surface area contributed by atoms with Gasteiger partial charge in [-0.3, -0.25) is 9.00 Å². The molecular weight excluding hydrogens is 148 g/mol. The topological polar surface area (TPSA) is 34.1 Å². The molecule has 0 aliphatic heterocycles. The Bertz CT molecular complexity index is 143. The zero-order valence-corrected chi connectivity index (χ0v) is 7.53. The van der Waals surface area contributed by atoms with Crippen molar-refractivity contribution in [1.29, 1.82) is 0 Å². The van der Waals surface area contributed by atoms with Crippen molar-refractivity contribution in [2.45, 2.75) is 20.3 Å². The fourth-order valence-electron chi connectivity index (χ4n) is 0.793. The monoisotopic (exact) mass is 162 g/mol. The summed E-state index contributed by atoms with van der Waals surface area (Å²) in [6, 6.07) is 0. The van der Waals surface area contributed by atoms with Crippen LogP contribution in [0.1, 0.15) is 20.3 Å². The molecule has 0 N–H and O–H groups in total. The van der Waals surface area contributed by atoms with E-state index in [1.54, 1.807) is 6.26 Å². The Morgan fingerprint density at radius 2 is 2.10 bits per heavy atom. The first-order valence-electron chi connectivity index (χ1n) is 3.40. The smallest absolute Gasteiger partial charge is 0.136 e. The summed E-state index contributed by atoms with van der Waals surface area (Å²) in [5.41, 5.74) is 0. The molecule has 0 saturated carbocycles. The van der Waals surface area contributed by atoms with Gasteiger partial charge in [-0.2, -0.15) is 0 Å². The van der Waals surface area contributed by atoms with Gasteiger partial charge in [-0.05, 0) is 0 Å². The van der Waals surface area contributed by atoms with Gasteiger partial charge in [-0.15, -0.1) is 0 Å². The fraction of sp³-hybridized carbons (Fsp3) is 0.857. The summed E-state index contributed by atoms with van der Waals surface area (Å²) in [7, 11) is -0.839. The Kier molecular flexibility index (Phi) is 4.52. The summed E-state index contributed by atoms with van der Waals surface area (Å²) >= 11 is 0. The van der Waals surface area contributed by atoms with Crippen LogP contribution in [0.4, 0.5) is 0 Å². The van der Waals surface area contributed by atoms with Gasteiger partial charge < -0.3 is 0 Å². The van der Waals surface area contributed by atoms with E-state index in [9.17, 15) is 9.00 Å². The lowest BCUT2D eigenvalue weighted by molar-refractivity contribution is -0.121. The van der Waals surface area contributed by atoms with E-state index in [1.165, 1.54) is 0 Å². The first kappa shape index (κ1) is 9.82. The number of Topliss-reactive ketones (excluding diaryl/α,β-unsaturated/α-hetero) is 1. The molecule has 0 aliphatic carbocycles. The van der Waals surface area contributed by atoms with Crippen LogP contribution in [0.15, 0.2) is 0 Å². The highest BCUT2D eigenvalue weighted by atomic mass is 32.2. The average molecular weight is 162 g/mol. The third-order valence-corrected chi connectivity index (χ3v) is 2.35. The number of carbonyl (C=O) groups excluding carboxylic acids is 1. The maximum absolute atomic E-state index is 10.9. The minimum absolute atomic E-state index is 0.0316. The molecule has 0 aromatic heterocycles. The number of ketones is 1. The van der Waals surface area contributed by atoms with E-state index in [-0.39, 0.29) is 11.7 Å². The summed E-state index contributed by atoms with van der Waals surface area (Å²) in [5.74, 6) is 0.679. The highest BCUT2D eigenvalue weighted by molar-refractivity contribution is 7.84. The molecule has 2 unspecified atom stereocenters. The minimum atomic E-state index is -0.839. The highest BCUT2D eigenvalue weighted by Gasteiger charge is 2.11. The van der Waals surface area contributed by atoms with E-state index in [2.05, 4.69) is 0 Å². The molecule has 0 bridgehead atoms. The van der Waals surface area contributed by atoms with Crippen LogP contribution in [0, 0.1) is 5.92 Å². The highest BCUT2D eigenvalue weighted by Crippen LogP contribution is 2.01. The molecule has 0 fully saturated rings. The SMILES string of the molecule is CCC(=O)C(C)CS(C)=O. The normalized spacial score (nSPS) is 16.3. The van der Waals surface area contributed by atoms with Crippen molar-refractivity contribution >= 4 is 16.6 Å². The zero-order valence-electron chi connectivity index (χ0n) is 6.72. The van der Waals surface area contributed by atoms with E-state index >= 15 is 0 Å². The van der Waals surface area contributed by atoms with Crippen molar-refractivity contribution < 1.29 is 9.00 Å². The molecule has 0 aliphatic rings. The lowest BCUT2D eigenvalue weighted by atomic mass is 10.1. The lowest BCUT2D eigenvalue weighted by Crippen LogP contribution is -2.16. The Balaban J connectivity index is 3.72. The van der Waals surface area contributed by atoms with Crippen molar-refractivity contribution in [2.24, 2.45) is 5.92 Å². The quantitative estimate of drug-likeness (QED) is 0.617. The standard InChI is InChI=1S/C7H14O2S/c1-4-7(8)6(2)5-10(3)9/h6H,4-5H2,1-3H3. The van der Waals surface area contributed by atoms with Gasteiger partial charge in [-0.25, -0.2) is 0 Å². The minimum Gasteiger partial charge on any atom is -0.299 e. The zero-order chi connectivity index (χ0) is 8.15. The molecule has 0 amide bonds. The summed E-state index contributed by atoms with van der Waals surface area (Å²) < 4.78 is 10.6. The van der Waals surface area contributed by atoms with Gasteiger partial charge in [0.25, 0.3) is 0 Å². The third kappa shape index (κ3) is 3.77. The van der Waals surface area contributed by atoms with Crippen LogP contribution < -0.4 is 0 Å². The van der Waals surface area contributed by atoms with E-state index in [0.29, 0.717) is 12.2 Å². The molecule has 0 radical (unpaired) electrons. The Hall–Kier alpha value is -0.180. The van der Waals surface area contributed by atoms with Gasteiger partial charge in [-0.1, -0.05) is 13.8 Å². The molecule has 0 rings (SSSR count). The molecule has 0 aromatic rings. The van der Waals surface area contributed by atoms with Gasteiger partial charge >= 0.3 is 0 Å². The van der Waals surface area contributed by atoms with Crippen molar-refractivity contribution in [3.8, 4) is 0 Å². The molecule has 3 heteroatoms. The first-order valence-corrected chi connectivity index (χ1v) is 5.13. The van der Waals surface area contributed by atoms with Crippen LogP contribution in [-0.4, -0.2) is 22.0 Å². The van der Waals surface area contributed by atoms with Crippen molar-refractivity contribution in [3.05, 3.63) is 0 Å². The van der Waals surface area contributed by atoms with E-state index in [4.69, 9.17) is 0 Å². The van der Waals surface area contributed by atoms with Crippen LogP contribution in [0.2, 0.25) is 0 Å². The lowest BCUT2D eigenvalue weighted by Gasteiger charge is -2.04. The van der Waals surface area contributed by atoms with Crippen molar-refractivity contribution in [2.75, 3.05) is 12.0 Å². The van der Waals surface area contributed by atoms with Crippen LogP contribution in [0.25, 0.3) is 0 Å². The molecule has 2 nitrogen and oxygen atoms in total. The number of hydrogen-bond donors (Lipinski definition) is 0. The summed E-state index contributed by atoms with van der Waals surface area (Å²) in [5, 5.41) is 0. The maximum atomic E-state index is 10.9. The number of hydrogen-bond acceptors (Lipinski definition) is 2. The van der Waals surface area contributed by atoms with Crippen LogP contribution in [0.3, 0.4) is 0 Å². The van der Waals surface area contributed by atoms with Crippen LogP contribution >= 0.6 is 0 Å². The Morgan fingerprint density at radius 3 is 2.40 bits per heavy atom. The molecule has 2 atom stereocenters. The number of carbonyl (C=O) groups is 1. The van der Waals surface area contributed by atoms with Crippen LogP contribution in [-0.2, 0) is 15.6 Å². The fourth-order valence-corrected chi connectivity index (χ4v) is 1.68. The summed E-state index contributed by atoms with van der Waals surface area (Å²) in [6.45, 7) is 3.66. The molecule has 60 valence electrons. The predicted molar refractivity (Wildman–Crippen MR) is 43.4 cm³/mol. The molecule has 10 heavy (non-hydrogen) atoms. The van der Waals surface area contributed by atoms with Gasteiger partial charge in [0, 0.05) is 35.1 Å². The maximum Gasteiger partial charge on any atom is 0.136 e. The molecule has 0 spiro atoms. The van der Waals surface area contributed by atoms with E-state index in [1.807, 2.05) is 13.8 Å². The Morgan fingerprint density at radius 1 is 1.60 bits per heavy atom. The second kappa shape index (κ2) is 4.61. The third-order valence-electron chi connectivity index (χ3n) is 1.38. The second-order valence-corrected chi connectivity index (χ2v) is 3.94. The van der Waals surface area contributed by atoms with Crippen LogP contribution in [0.5, 0.6) is 0 Å². The largest absolute Gasteiger partial charge is 0.299 e. The molecule has 0 aromatic carbocycles. The van der Waals surface area contributed by atoms with Gasteiger partial charge in [0.1, 0.15) is 5.78 Å². The molecule has 0 heterocycles. The predicted octanol–water partition coefficient (Wildman–Crippen LogP) is 0.980. The summed E-state index contributed by atoms with van der Waals surface area (Å²) in [4.78, 5) is 10.9. The van der Waals surface area contributed by atoms with Gasteiger partial charge in [0.05, 0.1) is 0 Å². The molecule has 0 saturated heterocycles. The number of rotatable bonds is 4. The van der Waals surface area contributed by atoms with Crippen molar-refractivity contribution in [3.63, 3.8) is 0 Å². The van der Waals surface area contributed by atoms with Gasteiger partial charge in [0.2, 0.25) is 0 Å². The Labute approximate surface area is 64.5 Å². The molecular formula is C7H14O2S. The average Bonchev–Trinajstić information content (AvgIpc) is 1.85. The van der Waals surface area contributed by atoms with E-state index in [0.717, 1.165) is 0 Å². The van der Waals surface area contributed by atoms with Crippen molar-refractivity contribution in [1.82, 2.24) is 0 Å². The van der Waals surface area contributed by atoms with E-state index < -0.39 is 10.8 Å². The summed E-state index contributed by atoms with van der Waals surface area (Å²) in [6.07, 6.45) is 2.18. The second-order valence-electron chi connectivity index (χ2n) is 2.46. The van der Waals surface area contributed by atoms with Gasteiger partial charge in [0.15, 0.2) is 0 Å². The first-order chi connectivity index (χ1) is 4.57.